The zero-order valence-electron chi connectivity index (χ0n) is 11.4. The third kappa shape index (κ3) is 3.38. The lowest BCUT2D eigenvalue weighted by molar-refractivity contribution is -0.120. The molecular weight excluding hydrogens is 282 g/mol. The van der Waals surface area contributed by atoms with Gasteiger partial charge in [0.2, 0.25) is 5.91 Å². The number of hydrogen-bond donors (Lipinski definition) is 1. The average Bonchev–Trinajstić information content (AvgIpc) is 3.18. The molecule has 0 saturated heterocycles. The van der Waals surface area contributed by atoms with Crippen LogP contribution in [0.2, 0.25) is 0 Å². The van der Waals surface area contributed by atoms with Gasteiger partial charge < -0.3 is 9.88 Å². The van der Waals surface area contributed by atoms with E-state index in [0.29, 0.717) is 13.0 Å². The van der Waals surface area contributed by atoms with Gasteiger partial charge in [-0.3, -0.25) is 4.79 Å². The number of amides is 1. The molecule has 0 spiro atoms. The Hall–Kier alpha value is -2.40. The molecular formula is C16H15N3OS. The van der Waals surface area contributed by atoms with E-state index in [9.17, 15) is 4.79 Å². The van der Waals surface area contributed by atoms with E-state index in [1.54, 1.807) is 23.9 Å². The number of rotatable bonds is 5. The van der Waals surface area contributed by atoms with Crippen LogP contribution in [0.5, 0.6) is 0 Å². The fourth-order valence-electron chi connectivity index (χ4n) is 2.14. The first-order chi connectivity index (χ1) is 10.3. The number of benzene rings is 1. The Labute approximate surface area is 127 Å². The molecule has 3 aromatic rings. The van der Waals surface area contributed by atoms with Crippen molar-refractivity contribution in [2.75, 3.05) is 0 Å². The van der Waals surface area contributed by atoms with Gasteiger partial charge in [-0.2, -0.15) is 0 Å². The molecule has 1 N–H and O–H groups in total. The minimum atomic E-state index is 0.0397. The smallest absolute Gasteiger partial charge is 0.225 e. The van der Waals surface area contributed by atoms with Crippen molar-refractivity contribution in [3.8, 4) is 5.69 Å². The van der Waals surface area contributed by atoms with Crippen LogP contribution in [-0.4, -0.2) is 15.5 Å². The van der Waals surface area contributed by atoms with E-state index in [2.05, 4.69) is 10.3 Å². The Morgan fingerprint density at radius 3 is 2.90 bits per heavy atom. The number of para-hydroxylation sites is 1. The number of hydrogen-bond acceptors (Lipinski definition) is 3. The summed E-state index contributed by atoms with van der Waals surface area (Å²) in [7, 11) is 0. The minimum absolute atomic E-state index is 0.0397. The molecule has 2 heterocycles. The molecule has 2 aromatic heterocycles. The van der Waals surface area contributed by atoms with Gasteiger partial charge in [0.05, 0.1) is 18.4 Å². The van der Waals surface area contributed by atoms with Gasteiger partial charge in [-0.05, 0) is 23.1 Å². The summed E-state index contributed by atoms with van der Waals surface area (Å²) < 4.78 is 1.95. The van der Waals surface area contributed by atoms with Crippen LogP contribution in [-0.2, 0) is 17.8 Å². The topological polar surface area (TPSA) is 46.9 Å². The van der Waals surface area contributed by atoms with Crippen molar-refractivity contribution in [3.63, 3.8) is 0 Å². The molecule has 0 aliphatic carbocycles. The van der Waals surface area contributed by atoms with Gasteiger partial charge in [0.25, 0.3) is 0 Å². The minimum Gasteiger partial charge on any atom is -0.352 e. The maximum Gasteiger partial charge on any atom is 0.225 e. The number of nitrogens with one attached hydrogen (secondary N) is 1. The van der Waals surface area contributed by atoms with Crippen LogP contribution in [0.1, 0.15) is 10.4 Å². The lowest BCUT2D eigenvalue weighted by Crippen LogP contribution is -2.24. The maximum atomic E-state index is 12.0. The fourth-order valence-corrected chi connectivity index (χ4v) is 2.85. The molecule has 1 amide bonds. The van der Waals surface area contributed by atoms with Gasteiger partial charge in [0.1, 0.15) is 0 Å². The number of thiophene rings is 1. The molecule has 0 aliphatic rings. The maximum absolute atomic E-state index is 12.0. The first-order valence-corrected chi connectivity index (χ1v) is 7.56. The van der Waals surface area contributed by atoms with Gasteiger partial charge in [-0.15, -0.1) is 11.3 Å². The lowest BCUT2D eigenvalue weighted by atomic mass is 10.1. The number of carbonyl (C=O) groups excluding carboxylic acids is 1. The highest BCUT2D eigenvalue weighted by Gasteiger charge is 2.07. The summed E-state index contributed by atoms with van der Waals surface area (Å²) in [6.45, 7) is 0.512. The van der Waals surface area contributed by atoms with Gasteiger partial charge in [0, 0.05) is 23.8 Å². The Morgan fingerprint density at radius 1 is 1.24 bits per heavy atom. The molecule has 0 radical (unpaired) electrons. The summed E-state index contributed by atoms with van der Waals surface area (Å²) >= 11 is 1.60. The summed E-state index contributed by atoms with van der Waals surface area (Å²) in [5, 5.41) is 4.96. The average molecular weight is 297 g/mol. The van der Waals surface area contributed by atoms with Crippen LogP contribution in [0.4, 0.5) is 0 Å². The second-order valence-electron chi connectivity index (χ2n) is 4.63. The second-order valence-corrected chi connectivity index (χ2v) is 5.66. The second kappa shape index (κ2) is 6.37. The Morgan fingerprint density at radius 2 is 2.14 bits per heavy atom. The van der Waals surface area contributed by atoms with Gasteiger partial charge in [0.15, 0.2) is 0 Å². The van der Waals surface area contributed by atoms with Crippen LogP contribution >= 0.6 is 11.3 Å². The predicted molar refractivity (Wildman–Crippen MR) is 83.4 cm³/mol. The molecule has 1 aromatic carbocycles. The van der Waals surface area contributed by atoms with Crippen LogP contribution < -0.4 is 5.32 Å². The third-order valence-corrected chi connectivity index (χ3v) is 4.04. The molecule has 0 atom stereocenters. The molecule has 106 valence electrons. The van der Waals surface area contributed by atoms with Crippen molar-refractivity contribution in [1.29, 1.82) is 0 Å². The summed E-state index contributed by atoms with van der Waals surface area (Å²) in [5.41, 5.74) is 2.10. The highest BCUT2D eigenvalue weighted by molar-refractivity contribution is 7.10. The van der Waals surface area contributed by atoms with E-state index < -0.39 is 0 Å². The number of aromatic nitrogens is 2. The summed E-state index contributed by atoms with van der Waals surface area (Å²) in [4.78, 5) is 17.1. The van der Waals surface area contributed by atoms with Crippen molar-refractivity contribution >= 4 is 17.2 Å². The van der Waals surface area contributed by atoms with E-state index >= 15 is 0 Å². The summed E-state index contributed by atoms with van der Waals surface area (Å²) in [5.74, 6) is 0.0397. The monoisotopic (exact) mass is 297 g/mol. The summed E-state index contributed by atoms with van der Waals surface area (Å²) in [6, 6.07) is 11.9. The standard InChI is InChI=1S/C16H15N3OS/c20-16(10-14-5-3-9-21-14)18-11-13-4-1-2-6-15(13)19-8-7-17-12-19/h1-9,12H,10-11H2,(H,18,20). The molecule has 0 aliphatic heterocycles. The number of carbonyl (C=O) groups is 1. The van der Waals surface area contributed by atoms with Gasteiger partial charge in [-0.1, -0.05) is 24.3 Å². The van der Waals surface area contributed by atoms with Crippen LogP contribution in [0.3, 0.4) is 0 Å². The van der Waals surface area contributed by atoms with E-state index in [0.717, 1.165) is 16.1 Å². The summed E-state index contributed by atoms with van der Waals surface area (Å²) in [6.07, 6.45) is 5.83. The van der Waals surface area contributed by atoms with E-state index in [4.69, 9.17) is 0 Å². The van der Waals surface area contributed by atoms with E-state index in [1.807, 2.05) is 52.5 Å². The molecule has 5 heteroatoms. The molecule has 0 saturated carbocycles. The first kappa shape index (κ1) is 13.6. The van der Waals surface area contributed by atoms with E-state index in [1.165, 1.54) is 0 Å². The largest absolute Gasteiger partial charge is 0.352 e. The molecule has 0 fully saturated rings. The van der Waals surface area contributed by atoms with Crippen LogP contribution in [0, 0.1) is 0 Å². The van der Waals surface area contributed by atoms with Crippen molar-refractivity contribution in [1.82, 2.24) is 14.9 Å². The first-order valence-electron chi connectivity index (χ1n) is 6.68. The van der Waals surface area contributed by atoms with Crippen molar-refractivity contribution in [3.05, 3.63) is 70.9 Å². The van der Waals surface area contributed by atoms with Crippen molar-refractivity contribution in [2.24, 2.45) is 0 Å². The molecule has 0 unspecified atom stereocenters. The zero-order chi connectivity index (χ0) is 14.5. The zero-order valence-corrected chi connectivity index (χ0v) is 12.2. The fraction of sp³-hybridized carbons (Fsp3) is 0.125. The normalized spacial score (nSPS) is 10.5. The predicted octanol–water partition coefficient (Wildman–Crippen LogP) is 2.79. The lowest BCUT2D eigenvalue weighted by Gasteiger charge is -2.11. The van der Waals surface area contributed by atoms with Crippen molar-refractivity contribution in [2.45, 2.75) is 13.0 Å². The van der Waals surface area contributed by atoms with Crippen molar-refractivity contribution < 1.29 is 4.79 Å². The number of nitrogens with zero attached hydrogens (tertiary/aromatic N) is 2. The van der Waals surface area contributed by atoms with E-state index in [-0.39, 0.29) is 5.91 Å². The third-order valence-electron chi connectivity index (χ3n) is 3.17. The Balaban J connectivity index is 1.67. The highest BCUT2D eigenvalue weighted by atomic mass is 32.1. The molecule has 4 nitrogen and oxygen atoms in total. The van der Waals surface area contributed by atoms with Crippen LogP contribution in [0.25, 0.3) is 5.69 Å². The van der Waals surface area contributed by atoms with Gasteiger partial charge in [-0.25, -0.2) is 4.98 Å². The molecule has 0 bridgehead atoms. The number of imidazole rings is 1. The quantitative estimate of drug-likeness (QED) is 0.787. The Kier molecular flexibility index (Phi) is 4.12. The van der Waals surface area contributed by atoms with Gasteiger partial charge >= 0.3 is 0 Å². The SMILES string of the molecule is O=C(Cc1cccs1)NCc1ccccc1-n1ccnc1. The van der Waals surface area contributed by atoms with Crippen LogP contribution in [0.15, 0.2) is 60.5 Å². The molecule has 3 rings (SSSR count). The Bertz CT molecular complexity index is 705. The highest BCUT2D eigenvalue weighted by Crippen LogP contribution is 2.14. The molecule has 21 heavy (non-hydrogen) atoms.